The summed E-state index contributed by atoms with van der Waals surface area (Å²) in [6, 6.07) is 13.9. The van der Waals surface area contributed by atoms with Gasteiger partial charge >= 0.3 is 6.09 Å². The van der Waals surface area contributed by atoms with Crippen molar-refractivity contribution < 1.29 is 28.7 Å². The Labute approximate surface area is 209 Å². The Morgan fingerprint density at radius 3 is 2.31 bits per heavy atom. The van der Waals surface area contributed by atoms with Crippen molar-refractivity contribution >= 4 is 35.2 Å². The molecule has 10 heteroatoms. The maximum absolute atomic E-state index is 13.2. The first-order valence-corrected chi connectivity index (χ1v) is 12.0. The molecule has 4 rings (SSSR count). The molecule has 2 aliphatic rings. The van der Waals surface area contributed by atoms with Gasteiger partial charge in [0.2, 0.25) is 11.8 Å². The van der Waals surface area contributed by atoms with Gasteiger partial charge in [-0.3, -0.25) is 14.4 Å². The summed E-state index contributed by atoms with van der Waals surface area (Å²) in [4.78, 5) is 55.7. The van der Waals surface area contributed by atoms with Gasteiger partial charge in [-0.05, 0) is 43.3 Å². The third kappa shape index (κ3) is 5.42. The van der Waals surface area contributed by atoms with Gasteiger partial charge in [-0.25, -0.2) is 4.79 Å². The van der Waals surface area contributed by atoms with Crippen LogP contribution in [-0.4, -0.2) is 80.1 Å². The van der Waals surface area contributed by atoms with Crippen molar-refractivity contribution in [2.45, 2.75) is 13.3 Å². The minimum atomic E-state index is -0.545. The van der Waals surface area contributed by atoms with Crippen LogP contribution in [0, 0.1) is 5.92 Å². The molecule has 0 bridgehead atoms. The molecule has 4 amide bonds. The van der Waals surface area contributed by atoms with E-state index in [-0.39, 0.29) is 36.8 Å². The van der Waals surface area contributed by atoms with Crippen LogP contribution >= 0.6 is 0 Å². The molecular formula is C26H30N4O6. The number of para-hydroxylation sites is 1. The summed E-state index contributed by atoms with van der Waals surface area (Å²) in [7, 11) is 1.57. The average molecular weight is 495 g/mol. The van der Waals surface area contributed by atoms with Crippen LogP contribution in [0.25, 0.3) is 0 Å². The molecule has 2 aliphatic heterocycles. The fourth-order valence-electron chi connectivity index (χ4n) is 4.39. The summed E-state index contributed by atoms with van der Waals surface area (Å²) in [6.07, 6.45) is -0.295. The number of nitrogens with one attached hydrogen (secondary N) is 1. The molecule has 0 aromatic heterocycles. The minimum Gasteiger partial charge on any atom is -0.497 e. The van der Waals surface area contributed by atoms with Gasteiger partial charge < -0.3 is 29.5 Å². The van der Waals surface area contributed by atoms with Crippen molar-refractivity contribution in [3.8, 4) is 5.75 Å². The van der Waals surface area contributed by atoms with Gasteiger partial charge in [0.15, 0.2) is 0 Å². The summed E-state index contributed by atoms with van der Waals surface area (Å²) in [5.74, 6) is -0.535. The lowest BCUT2D eigenvalue weighted by atomic mass is 10.1. The van der Waals surface area contributed by atoms with E-state index in [1.165, 1.54) is 0 Å². The number of benzene rings is 2. The lowest BCUT2D eigenvalue weighted by Crippen LogP contribution is -2.50. The van der Waals surface area contributed by atoms with E-state index in [0.29, 0.717) is 55.5 Å². The molecule has 0 saturated carbocycles. The smallest absolute Gasteiger partial charge is 0.409 e. The number of hydrogen-bond acceptors (Lipinski definition) is 6. The number of piperazine rings is 1. The highest BCUT2D eigenvalue weighted by atomic mass is 16.6. The summed E-state index contributed by atoms with van der Waals surface area (Å²) in [5.41, 5.74) is 1.47. The zero-order valence-electron chi connectivity index (χ0n) is 20.4. The Morgan fingerprint density at radius 2 is 1.64 bits per heavy atom. The normalized spacial score (nSPS) is 17.7. The van der Waals surface area contributed by atoms with Gasteiger partial charge in [0.25, 0.3) is 5.91 Å². The first-order chi connectivity index (χ1) is 17.4. The zero-order valence-corrected chi connectivity index (χ0v) is 20.4. The second-order valence-electron chi connectivity index (χ2n) is 8.62. The molecule has 0 aliphatic carbocycles. The van der Waals surface area contributed by atoms with Gasteiger partial charge in [0.1, 0.15) is 5.75 Å². The molecule has 1 unspecified atom stereocenters. The van der Waals surface area contributed by atoms with Crippen LogP contribution in [-0.2, 0) is 14.3 Å². The summed E-state index contributed by atoms with van der Waals surface area (Å²) < 4.78 is 10.2. The number of rotatable bonds is 6. The molecule has 1 N–H and O–H groups in total. The Bertz CT molecular complexity index is 1130. The van der Waals surface area contributed by atoms with E-state index in [1.54, 1.807) is 77.3 Å². The number of hydrogen-bond donors (Lipinski definition) is 1. The van der Waals surface area contributed by atoms with Crippen LogP contribution in [0.1, 0.15) is 23.7 Å². The highest BCUT2D eigenvalue weighted by molar-refractivity contribution is 6.07. The average Bonchev–Trinajstić information content (AvgIpc) is 3.30. The molecule has 190 valence electrons. The second kappa shape index (κ2) is 11.1. The van der Waals surface area contributed by atoms with Gasteiger partial charge in [-0.1, -0.05) is 12.1 Å². The fraction of sp³-hybridized carbons (Fsp3) is 0.385. The quantitative estimate of drug-likeness (QED) is 0.661. The molecule has 2 saturated heterocycles. The monoisotopic (exact) mass is 494 g/mol. The topological polar surface area (TPSA) is 108 Å². The first-order valence-electron chi connectivity index (χ1n) is 12.0. The van der Waals surface area contributed by atoms with E-state index in [4.69, 9.17) is 9.47 Å². The van der Waals surface area contributed by atoms with Crippen molar-refractivity contribution in [2.75, 3.05) is 56.7 Å². The Hall–Kier alpha value is -4.08. The third-order valence-electron chi connectivity index (χ3n) is 6.39. The second-order valence-corrected chi connectivity index (χ2v) is 8.62. The highest BCUT2D eigenvalue weighted by Gasteiger charge is 2.36. The number of amides is 4. The standard InChI is InChI=1S/C26H30N4O6/c1-3-36-26(34)29-14-12-28(13-15-29)25(33)21-6-4-5-7-22(21)27-24(32)18-16-23(31)30(17-18)19-8-10-20(35-2)11-9-19/h4-11,18H,3,12-17H2,1-2H3,(H,27,32). The lowest BCUT2D eigenvalue weighted by molar-refractivity contribution is -0.122. The number of nitrogens with zero attached hydrogens (tertiary/aromatic N) is 3. The first kappa shape index (κ1) is 25.0. The molecule has 2 heterocycles. The summed E-state index contributed by atoms with van der Waals surface area (Å²) in [5, 5.41) is 2.86. The number of carbonyl (C=O) groups excluding carboxylic acids is 4. The maximum Gasteiger partial charge on any atom is 0.409 e. The van der Waals surface area contributed by atoms with Crippen LogP contribution in [0.5, 0.6) is 5.75 Å². The van der Waals surface area contributed by atoms with Gasteiger partial charge in [0.05, 0.1) is 30.9 Å². The summed E-state index contributed by atoms with van der Waals surface area (Å²) in [6.45, 7) is 3.80. The van der Waals surface area contributed by atoms with E-state index in [1.807, 2.05) is 0 Å². The Balaban J connectivity index is 1.39. The molecular weight excluding hydrogens is 464 g/mol. The van der Waals surface area contributed by atoms with Gasteiger partial charge in [0, 0.05) is 44.8 Å². The molecule has 2 aromatic carbocycles. The van der Waals surface area contributed by atoms with Gasteiger partial charge in [-0.2, -0.15) is 0 Å². The Morgan fingerprint density at radius 1 is 0.972 bits per heavy atom. The number of anilines is 2. The predicted octanol–water partition coefficient (Wildman–Crippen LogP) is 2.60. The SMILES string of the molecule is CCOC(=O)N1CCN(C(=O)c2ccccc2NC(=O)C2CC(=O)N(c3ccc(OC)cc3)C2)CC1. The van der Waals surface area contributed by atoms with Crippen LogP contribution < -0.4 is 15.0 Å². The van der Waals surface area contributed by atoms with Crippen LogP contribution in [0.3, 0.4) is 0 Å². The van der Waals surface area contributed by atoms with E-state index >= 15 is 0 Å². The summed E-state index contributed by atoms with van der Waals surface area (Å²) >= 11 is 0. The lowest BCUT2D eigenvalue weighted by Gasteiger charge is -2.34. The van der Waals surface area contributed by atoms with Crippen molar-refractivity contribution in [1.29, 1.82) is 0 Å². The maximum atomic E-state index is 13.2. The molecule has 10 nitrogen and oxygen atoms in total. The minimum absolute atomic E-state index is 0.0871. The van der Waals surface area contributed by atoms with E-state index < -0.39 is 5.92 Å². The van der Waals surface area contributed by atoms with Gasteiger partial charge in [-0.15, -0.1) is 0 Å². The van der Waals surface area contributed by atoms with Crippen molar-refractivity contribution in [2.24, 2.45) is 5.92 Å². The number of carbonyl (C=O) groups is 4. The number of methoxy groups -OCH3 is 1. The molecule has 36 heavy (non-hydrogen) atoms. The zero-order chi connectivity index (χ0) is 25.7. The van der Waals surface area contributed by atoms with Crippen LogP contribution in [0.4, 0.5) is 16.2 Å². The van der Waals surface area contributed by atoms with Crippen LogP contribution in [0.2, 0.25) is 0 Å². The third-order valence-corrected chi connectivity index (χ3v) is 6.39. The molecule has 2 aromatic rings. The molecule has 0 radical (unpaired) electrons. The largest absolute Gasteiger partial charge is 0.497 e. The molecule has 1 atom stereocenters. The number of ether oxygens (including phenoxy) is 2. The van der Waals surface area contributed by atoms with E-state index in [0.717, 1.165) is 0 Å². The Kier molecular flexibility index (Phi) is 7.72. The molecule has 2 fully saturated rings. The molecule has 0 spiro atoms. The van der Waals surface area contributed by atoms with Crippen LogP contribution in [0.15, 0.2) is 48.5 Å². The van der Waals surface area contributed by atoms with Crippen molar-refractivity contribution in [3.05, 3.63) is 54.1 Å². The van der Waals surface area contributed by atoms with E-state index in [2.05, 4.69) is 5.32 Å². The van der Waals surface area contributed by atoms with Crippen molar-refractivity contribution in [3.63, 3.8) is 0 Å². The van der Waals surface area contributed by atoms with E-state index in [9.17, 15) is 19.2 Å². The predicted molar refractivity (Wildman–Crippen MR) is 133 cm³/mol. The van der Waals surface area contributed by atoms with Crippen molar-refractivity contribution in [1.82, 2.24) is 9.80 Å². The fourth-order valence-corrected chi connectivity index (χ4v) is 4.39. The highest BCUT2D eigenvalue weighted by Crippen LogP contribution is 2.28.